The Morgan fingerprint density at radius 2 is 2.18 bits per heavy atom. The molecule has 0 aromatic heterocycles. The number of aromatic hydroxyl groups is 1. The average Bonchev–Trinajstić information content (AvgIpc) is 2.61. The minimum absolute atomic E-state index is 0.278. The van der Waals surface area contributed by atoms with E-state index < -0.39 is 0 Å². The Balaban J connectivity index is 2.09. The first-order valence-electron chi connectivity index (χ1n) is 6.09. The molecule has 1 N–H and O–H groups in total. The SMILES string of the molecule is COc1cccc(CN2CCC(C)(C)C2)c1O. The summed E-state index contributed by atoms with van der Waals surface area (Å²) in [5, 5.41) is 10.0. The molecule has 0 saturated carbocycles. The molecule has 0 unspecified atom stereocenters. The minimum Gasteiger partial charge on any atom is -0.504 e. The van der Waals surface area contributed by atoms with Gasteiger partial charge in [-0.25, -0.2) is 0 Å². The maximum atomic E-state index is 10.0. The molecular formula is C14H21NO2. The first-order valence-corrected chi connectivity index (χ1v) is 6.09. The summed E-state index contributed by atoms with van der Waals surface area (Å²) < 4.78 is 5.12. The Labute approximate surface area is 103 Å². The van der Waals surface area contributed by atoms with Gasteiger partial charge in [-0.05, 0) is 24.4 Å². The van der Waals surface area contributed by atoms with Crippen LogP contribution in [0.1, 0.15) is 25.8 Å². The third kappa shape index (κ3) is 2.72. The number of likely N-dealkylation sites (tertiary alicyclic amines) is 1. The molecule has 1 aliphatic rings. The molecule has 3 nitrogen and oxygen atoms in total. The third-order valence-corrected chi connectivity index (χ3v) is 3.45. The molecule has 0 spiro atoms. The fourth-order valence-electron chi connectivity index (χ4n) is 2.46. The molecule has 1 fully saturated rings. The number of benzene rings is 1. The van der Waals surface area contributed by atoms with Crippen molar-refractivity contribution < 1.29 is 9.84 Å². The van der Waals surface area contributed by atoms with Crippen LogP contribution in [0.5, 0.6) is 11.5 Å². The van der Waals surface area contributed by atoms with E-state index >= 15 is 0 Å². The zero-order valence-electron chi connectivity index (χ0n) is 10.9. The van der Waals surface area contributed by atoms with E-state index in [0.29, 0.717) is 11.2 Å². The molecule has 2 rings (SSSR count). The van der Waals surface area contributed by atoms with Crippen molar-refractivity contribution in [2.45, 2.75) is 26.8 Å². The summed E-state index contributed by atoms with van der Waals surface area (Å²) in [6, 6.07) is 5.67. The molecular weight excluding hydrogens is 214 g/mol. The molecule has 1 aromatic carbocycles. The van der Waals surface area contributed by atoms with Gasteiger partial charge in [-0.2, -0.15) is 0 Å². The van der Waals surface area contributed by atoms with Gasteiger partial charge in [-0.15, -0.1) is 0 Å². The van der Waals surface area contributed by atoms with Gasteiger partial charge in [0.15, 0.2) is 11.5 Å². The van der Waals surface area contributed by atoms with Gasteiger partial charge >= 0.3 is 0 Å². The lowest BCUT2D eigenvalue weighted by molar-refractivity contribution is 0.278. The summed E-state index contributed by atoms with van der Waals surface area (Å²) in [6.07, 6.45) is 1.22. The zero-order chi connectivity index (χ0) is 12.5. The van der Waals surface area contributed by atoms with Crippen LogP contribution < -0.4 is 4.74 Å². The topological polar surface area (TPSA) is 32.7 Å². The number of ether oxygens (including phenoxy) is 1. The molecule has 0 aliphatic carbocycles. The second-order valence-electron chi connectivity index (χ2n) is 5.59. The van der Waals surface area contributed by atoms with Crippen LogP contribution in [0.25, 0.3) is 0 Å². The lowest BCUT2D eigenvalue weighted by Crippen LogP contribution is -2.22. The van der Waals surface area contributed by atoms with Gasteiger partial charge in [-0.3, -0.25) is 4.90 Å². The molecule has 3 heteroatoms. The molecule has 1 heterocycles. The Morgan fingerprint density at radius 3 is 2.76 bits per heavy atom. The Bertz CT molecular complexity index is 401. The van der Waals surface area contributed by atoms with Gasteiger partial charge in [0.25, 0.3) is 0 Å². The van der Waals surface area contributed by atoms with E-state index in [1.807, 2.05) is 12.1 Å². The van der Waals surface area contributed by atoms with Crippen LogP contribution in [0.2, 0.25) is 0 Å². The van der Waals surface area contributed by atoms with Crippen LogP contribution in [0, 0.1) is 5.41 Å². The molecule has 0 amide bonds. The van der Waals surface area contributed by atoms with Gasteiger partial charge in [-0.1, -0.05) is 26.0 Å². The van der Waals surface area contributed by atoms with Crippen molar-refractivity contribution in [1.29, 1.82) is 0 Å². The van der Waals surface area contributed by atoms with Crippen molar-refractivity contribution in [2.24, 2.45) is 5.41 Å². The normalized spacial score (nSPS) is 19.5. The highest BCUT2D eigenvalue weighted by atomic mass is 16.5. The molecule has 94 valence electrons. The molecule has 0 bridgehead atoms. The highest BCUT2D eigenvalue weighted by Crippen LogP contribution is 2.34. The Kier molecular flexibility index (Phi) is 3.29. The summed E-state index contributed by atoms with van der Waals surface area (Å²) in [5.74, 6) is 0.834. The fraction of sp³-hybridized carbons (Fsp3) is 0.571. The second kappa shape index (κ2) is 4.57. The van der Waals surface area contributed by atoms with Gasteiger partial charge in [0.05, 0.1) is 7.11 Å². The maximum absolute atomic E-state index is 10.0. The maximum Gasteiger partial charge on any atom is 0.162 e. The smallest absolute Gasteiger partial charge is 0.162 e. The predicted molar refractivity (Wildman–Crippen MR) is 68.3 cm³/mol. The summed E-state index contributed by atoms with van der Waals surface area (Å²) in [5.41, 5.74) is 1.34. The van der Waals surface area contributed by atoms with Crippen LogP contribution in [0.4, 0.5) is 0 Å². The summed E-state index contributed by atoms with van der Waals surface area (Å²) in [7, 11) is 1.58. The summed E-state index contributed by atoms with van der Waals surface area (Å²) in [4.78, 5) is 2.38. The molecule has 0 atom stereocenters. The van der Waals surface area contributed by atoms with Crippen molar-refractivity contribution >= 4 is 0 Å². The quantitative estimate of drug-likeness (QED) is 0.874. The first-order chi connectivity index (χ1) is 8.02. The summed E-state index contributed by atoms with van der Waals surface area (Å²) >= 11 is 0. The second-order valence-corrected chi connectivity index (χ2v) is 5.59. The lowest BCUT2D eigenvalue weighted by atomic mass is 9.93. The molecule has 0 radical (unpaired) electrons. The number of hydrogen-bond acceptors (Lipinski definition) is 3. The van der Waals surface area contributed by atoms with Crippen LogP contribution in [0.3, 0.4) is 0 Å². The molecule has 1 aliphatic heterocycles. The van der Waals surface area contributed by atoms with E-state index in [9.17, 15) is 5.11 Å². The Hall–Kier alpha value is -1.22. The van der Waals surface area contributed by atoms with Crippen molar-refractivity contribution in [3.05, 3.63) is 23.8 Å². The monoisotopic (exact) mass is 235 g/mol. The van der Waals surface area contributed by atoms with Crippen molar-refractivity contribution in [3.8, 4) is 11.5 Å². The van der Waals surface area contributed by atoms with Crippen LogP contribution in [-0.2, 0) is 6.54 Å². The van der Waals surface area contributed by atoms with Crippen molar-refractivity contribution in [2.75, 3.05) is 20.2 Å². The minimum atomic E-state index is 0.278. The van der Waals surface area contributed by atoms with E-state index in [1.54, 1.807) is 13.2 Å². The highest BCUT2D eigenvalue weighted by Gasteiger charge is 2.29. The van der Waals surface area contributed by atoms with E-state index in [1.165, 1.54) is 6.42 Å². The zero-order valence-corrected chi connectivity index (χ0v) is 10.9. The van der Waals surface area contributed by atoms with Crippen LogP contribution in [0.15, 0.2) is 18.2 Å². The van der Waals surface area contributed by atoms with Gasteiger partial charge in [0.1, 0.15) is 0 Å². The number of nitrogens with zero attached hydrogens (tertiary/aromatic N) is 1. The molecule has 17 heavy (non-hydrogen) atoms. The number of methoxy groups -OCH3 is 1. The van der Waals surface area contributed by atoms with E-state index in [-0.39, 0.29) is 5.75 Å². The summed E-state index contributed by atoms with van der Waals surface area (Å²) in [6.45, 7) is 7.57. The lowest BCUT2D eigenvalue weighted by Gasteiger charge is -2.20. The highest BCUT2D eigenvalue weighted by molar-refractivity contribution is 5.45. The van der Waals surface area contributed by atoms with E-state index in [0.717, 1.165) is 25.2 Å². The number of hydrogen-bond donors (Lipinski definition) is 1. The van der Waals surface area contributed by atoms with Gasteiger partial charge < -0.3 is 9.84 Å². The van der Waals surface area contributed by atoms with Crippen molar-refractivity contribution in [3.63, 3.8) is 0 Å². The van der Waals surface area contributed by atoms with Gasteiger partial charge in [0, 0.05) is 18.7 Å². The van der Waals surface area contributed by atoms with Crippen LogP contribution >= 0.6 is 0 Å². The first kappa shape index (κ1) is 12.2. The molecule has 1 aromatic rings. The number of phenols is 1. The predicted octanol–water partition coefficient (Wildman–Crippen LogP) is 2.63. The fourth-order valence-corrected chi connectivity index (χ4v) is 2.46. The van der Waals surface area contributed by atoms with Crippen molar-refractivity contribution in [1.82, 2.24) is 4.90 Å². The number of para-hydroxylation sites is 1. The van der Waals surface area contributed by atoms with E-state index in [4.69, 9.17) is 4.74 Å². The Morgan fingerprint density at radius 1 is 1.41 bits per heavy atom. The average molecular weight is 235 g/mol. The number of rotatable bonds is 3. The largest absolute Gasteiger partial charge is 0.504 e. The van der Waals surface area contributed by atoms with Crippen LogP contribution in [-0.4, -0.2) is 30.2 Å². The number of phenolic OH excluding ortho intramolecular Hbond substituents is 1. The third-order valence-electron chi connectivity index (χ3n) is 3.45. The van der Waals surface area contributed by atoms with E-state index in [2.05, 4.69) is 18.7 Å². The van der Waals surface area contributed by atoms with Gasteiger partial charge in [0.2, 0.25) is 0 Å². The standard InChI is InChI=1S/C14H21NO2/c1-14(2)7-8-15(10-14)9-11-5-4-6-12(17-3)13(11)16/h4-6,16H,7-10H2,1-3H3. The molecule has 1 saturated heterocycles.